The third-order valence-corrected chi connectivity index (χ3v) is 13.0. The molecule has 0 radical (unpaired) electrons. The first-order chi connectivity index (χ1) is 33.1. The van der Waals surface area contributed by atoms with Gasteiger partial charge in [-0.1, -0.05) is 158 Å². The summed E-state index contributed by atoms with van der Waals surface area (Å²) in [6.07, 6.45) is 1.86. The van der Waals surface area contributed by atoms with Crippen LogP contribution in [0.1, 0.15) is 0 Å². The molecule has 10 aromatic carbocycles. The minimum atomic E-state index is 0.592. The number of rotatable bonds is 6. The molecule has 0 bridgehead atoms. The molecule has 6 nitrogen and oxygen atoms in total. The molecule has 0 atom stereocenters. The summed E-state index contributed by atoms with van der Waals surface area (Å²) >= 11 is 0. The predicted octanol–water partition coefficient (Wildman–Crippen LogP) is 16.3. The molecule has 0 fully saturated rings. The van der Waals surface area contributed by atoms with Gasteiger partial charge in [-0.3, -0.25) is 4.98 Å². The minimum absolute atomic E-state index is 0.592. The molecule has 310 valence electrons. The third-order valence-electron chi connectivity index (χ3n) is 13.0. The van der Waals surface area contributed by atoms with Gasteiger partial charge in [0.25, 0.3) is 0 Å². The Bertz CT molecular complexity index is 4170. The van der Waals surface area contributed by atoms with Crippen LogP contribution in [0.4, 0.5) is 5.69 Å². The molecule has 0 saturated heterocycles. The van der Waals surface area contributed by atoms with E-state index in [9.17, 15) is 0 Å². The Kier molecular flexibility index (Phi) is 8.80. The molecule has 0 aliphatic rings. The van der Waals surface area contributed by atoms with Crippen molar-refractivity contribution in [2.24, 2.45) is 0 Å². The molecular formula is C61H35N5O. The van der Waals surface area contributed by atoms with Gasteiger partial charge in [0.15, 0.2) is 23.2 Å². The SMILES string of the molecule is [C-]#[N+]c1ccc(-c2cc3c4ccccc4c(-c4ccc(-c5cccc(-c6nc(-c7ccccc7)nc(-c7ccc8oc9ccccc9c8c7)n6)c5)c5ccccc45)cc3c3cccnc23)cc1. The van der Waals surface area contributed by atoms with Crippen molar-refractivity contribution in [2.45, 2.75) is 0 Å². The number of hydrogen-bond donors (Lipinski definition) is 0. The predicted molar refractivity (Wildman–Crippen MR) is 274 cm³/mol. The van der Waals surface area contributed by atoms with Crippen LogP contribution in [0.15, 0.2) is 217 Å². The van der Waals surface area contributed by atoms with E-state index < -0.39 is 0 Å². The average molecular weight is 854 g/mol. The van der Waals surface area contributed by atoms with Gasteiger partial charge in [0.05, 0.1) is 12.1 Å². The van der Waals surface area contributed by atoms with Crippen LogP contribution in [0.25, 0.3) is 138 Å². The van der Waals surface area contributed by atoms with Gasteiger partial charge in [0, 0.05) is 44.6 Å². The highest BCUT2D eigenvalue weighted by Crippen LogP contribution is 2.44. The van der Waals surface area contributed by atoms with Gasteiger partial charge in [-0.15, -0.1) is 0 Å². The number of nitrogens with zero attached hydrogens (tertiary/aromatic N) is 5. The number of para-hydroxylation sites is 1. The van der Waals surface area contributed by atoms with Gasteiger partial charge in [-0.05, 0) is 109 Å². The van der Waals surface area contributed by atoms with Crippen LogP contribution in [0.2, 0.25) is 0 Å². The van der Waals surface area contributed by atoms with E-state index >= 15 is 0 Å². The molecule has 0 spiro atoms. The molecule has 0 N–H and O–H groups in total. The fourth-order valence-corrected chi connectivity index (χ4v) is 9.81. The Morgan fingerprint density at radius 2 is 0.881 bits per heavy atom. The van der Waals surface area contributed by atoms with E-state index in [2.05, 4.69) is 120 Å². The quantitative estimate of drug-likeness (QED) is 0.123. The second kappa shape index (κ2) is 15.4. The number of furan rings is 1. The van der Waals surface area contributed by atoms with Crippen molar-refractivity contribution in [1.82, 2.24) is 19.9 Å². The second-order valence-corrected chi connectivity index (χ2v) is 16.8. The number of hydrogen-bond acceptors (Lipinski definition) is 5. The van der Waals surface area contributed by atoms with Crippen LogP contribution in [0.3, 0.4) is 0 Å². The Morgan fingerprint density at radius 1 is 0.328 bits per heavy atom. The van der Waals surface area contributed by atoms with E-state index in [1.54, 1.807) is 0 Å². The third kappa shape index (κ3) is 6.41. The lowest BCUT2D eigenvalue weighted by molar-refractivity contribution is 0.669. The molecule has 0 amide bonds. The number of aromatic nitrogens is 4. The van der Waals surface area contributed by atoms with E-state index in [1.165, 1.54) is 10.8 Å². The van der Waals surface area contributed by atoms with Gasteiger partial charge >= 0.3 is 0 Å². The second-order valence-electron chi connectivity index (χ2n) is 16.8. The topological polar surface area (TPSA) is 69.1 Å². The van der Waals surface area contributed by atoms with Crippen molar-refractivity contribution in [3.05, 3.63) is 224 Å². The van der Waals surface area contributed by atoms with Crippen LogP contribution in [-0.4, -0.2) is 19.9 Å². The zero-order valence-corrected chi connectivity index (χ0v) is 35.9. The van der Waals surface area contributed by atoms with Crippen LogP contribution in [0.5, 0.6) is 0 Å². The van der Waals surface area contributed by atoms with Crippen molar-refractivity contribution >= 4 is 70.8 Å². The largest absolute Gasteiger partial charge is 0.456 e. The van der Waals surface area contributed by atoms with Crippen LogP contribution in [-0.2, 0) is 0 Å². The Morgan fingerprint density at radius 3 is 1.66 bits per heavy atom. The minimum Gasteiger partial charge on any atom is -0.456 e. The molecule has 0 aliphatic heterocycles. The molecule has 13 aromatic rings. The lowest BCUT2D eigenvalue weighted by atomic mass is 9.86. The van der Waals surface area contributed by atoms with Crippen LogP contribution in [0, 0.1) is 6.57 Å². The van der Waals surface area contributed by atoms with E-state index in [0.29, 0.717) is 23.2 Å². The highest BCUT2D eigenvalue weighted by Gasteiger charge is 2.19. The van der Waals surface area contributed by atoms with Gasteiger partial charge in [0.1, 0.15) is 11.2 Å². The summed E-state index contributed by atoms with van der Waals surface area (Å²) in [5.41, 5.74) is 12.5. The van der Waals surface area contributed by atoms with Crippen LogP contribution < -0.4 is 0 Å². The molecular weight excluding hydrogens is 819 g/mol. The highest BCUT2D eigenvalue weighted by molar-refractivity contribution is 6.24. The molecule has 0 saturated carbocycles. The molecule has 0 aliphatic carbocycles. The first-order valence-electron chi connectivity index (χ1n) is 22.2. The van der Waals surface area contributed by atoms with Gasteiger partial charge in [-0.2, -0.15) is 0 Å². The van der Waals surface area contributed by atoms with Crippen molar-refractivity contribution in [3.8, 4) is 67.5 Å². The molecule has 0 unspecified atom stereocenters. The normalized spacial score (nSPS) is 11.6. The molecule has 3 heterocycles. The lowest BCUT2D eigenvalue weighted by Gasteiger charge is -2.18. The lowest BCUT2D eigenvalue weighted by Crippen LogP contribution is -2.00. The first kappa shape index (κ1) is 38.2. The van der Waals surface area contributed by atoms with Gasteiger partial charge in [0.2, 0.25) is 0 Å². The Labute approximate surface area is 385 Å². The van der Waals surface area contributed by atoms with Gasteiger partial charge < -0.3 is 4.42 Å². The van der Waals surface area contributed by atoms with E-state index in [4.69, 9.17) is 30.9 Å². The summed E-state index contributed by atoms with van der Waals surface area (Å²) in [7, 11) is 0. The van der Waals surface area contributed by atoms with E-state index in [-0.39, 0.29) is 0 Å². The van der Waals surface area contributed by atoms with Crippen molar-refractivity contribution in [1.29, 1.82) is 0 Å². The number of pyridine rings is 1. The summed E-state index contributed by atoms with van der Waals surface area (Å²) < 4.78 is 6.16. The first-order valence-corrected chi connectivity index (χ1v) is 22.2. The van der Waals surface area contributed by atoms with Crippen molar-refractivity contribution in [2.75, 3.05) is 0 Å². The van der Waals surface area contributed by atoms with Crippen LogP contribution >= 0.6 is 0 Å². The fourth-order valence-electron chi connectivity index (χ4n) is 9.81. The number of fused-ring (bicyclic) bond motifs is 9. The summed E-state index contributed by atoms with van der Waals surface area (Å²) in [5, 5.41) is 10.1. The maximum Gasteiger partial charge on any atom is 0.187 e. The molecule has 3 aromatic heterocycles. The summed E-state index contributed by atoms with van der Waals surface area (Å²) in [4.78, 5) is 23.9. The van der Waals surface area contributed by atoms with Crippen molar-refractivity contribution in [3.63, 3.8) is 0 Å². The summed E-state index contributed by atoms with van der Waals surface area (Å²) in [6.45, 7) is 7.48. The van der Waals surface area contributed by atoms with E-state index in [1.807, 2.05) is 97.2 Å². The smallest absolute Gasteiger partial charge is 0.187 e. The average Bonchev–Trinajstić information content (AvgIpc) is 3.78. The zero-order chi connectivity index (χ0) is 44.4. The molecule has 13 rings (SSSR count). The Hall–Kier alpha value is -9.31. The standard InChI is InChI=1S/C61H35N5O/c1-62-42-27-24-37(25-28-42)51-35-53-47-20-8-7-19-46(47)52(36-54(53)50-22-12-32-63-58(50)51)48-30-29-43(44-17-5-6-18-45(44)48)39-15-11-16-40(33-39)60-64-59(38-13-3-2-4-14-38)65-61(66-60)41-26-31-57-55(34-41)49-21-9-10-23-56(49)67-57/h2-36H. The highest BCUT2D eigenvalue weighted by atomic mass is 16.3. The fraction of sp³-hybridized carbons (Fsp3) is 0. The van der Waals surface area contributed by atoms with E-state index in [0.717, 1.165) is 104 Å². The maximum atomic E-state index is 7.48. The summed E-state index contributed by atoms with van der Waals surface area (Å²) in [6, 6.07) is 71.4. The summed E-state index contributed by atoms with van der Waals surface area (Å²) in [5.74, 6) is 1.79. The number of benzene rings is 10. The molecule has 6 heteroatoms. The maximum absolute atomic E-state index is 7.48. The van der Waals surface area contributed by atoms with Gasteiger partial charge in [-0.25, -0.2) is 19.8 Å². The zero-order valence-electron chi connectivity index (χ0n) is 35.9. The Balaban J connectivity index is 0.956. The monoisotopic (exact) mass is 853 g/mol. The molecule has 67 heavy (non-hydrogen) atoms. The van der Waals surface area contributed by atoms with Crippen molar-refractivity contribution < 1.29 is 4.42 Å².